The van der Waals surface area contributed by atoms with Crippen LogP contribution in [0.3, 0.4) is 0 Å². The molecular weight excluding hydrogens is 320 g/mol. The Kier molecular flexibility index (Phi) is 6.17. The van der Waals surface area contributed by atoms with Crippen molar-refractivity contribution in [1.29, 1.82) is 0 Å². The van der Waals surface area contributed by atoms with Crippen LogP contribution >= 0.6 is 0 Å². The molecule has 0 unspecified atom stereocenters. The lowest BCUT2D eigenvalue weighted by Gasteiger charge is -2.33. The number of benzene rings is 2. The zero-order valence-electron chi connectivity index (χ0n) is 13.9. The van der Waals surface area contributed by atoms with Crippen LogP contribution in [0.4, 0.5) is 0 Å². The number of rotatable bonds is 6. The maximum atomic E-state index is 12.3. The third kappa shape index (κ3) is 5.13. The zero-order chi connectivity index (χ0) is 17.5. The molecular formula is C20H22O5. The number of carbonyl (C=O) groups excluding carboxylic acids is 1. The summed E-state index contributed by atoms with van der Waals surface area (Å²) >= 11 is 0. The molecule has 1 N–H and O–H groups in total. The first-order valence-corrected chi connectivity index (χ1v) is 8.43. The fourth-order valence-corrected chi connectivity index (χ4v) is 2.78. The number of esters is 1. The maximum absolute atomic E-state index is 12.3. The molecule has 1 heterocycles. The highest BCUT2D eigenvalue weighted by Gasteiger charge is 2.33. The van der Waals surface area contributed by atoms with Crippen molar-refractivity contribution in [3.8, 4) is 0 Å². The first kappa shape index (κ1) is 17.6. The SMILES string of the molecule is O=C(O[C@H]1CC[C@@H](O)O[C@@H]1COCc1ccccc1)c1ccccc1. The molecule has 0 aromatic heterocycles. The van der Waals surface area contributed by atoms with Crippen LogP contribution in [0, 0.1) is 0 Å². The Balaban J connectivity index is 1.56. The normalized spacial score (nSPS) is 23.2. The molecule has 0 radical (unpaired) electrons. The van der Waals surface area contributed by atoms with Gasteiger partial charge in [-0.25, -0.2) is 4.79 Å². The summed E-state index contributed by atoms with van der Waals surface area (Å²) in [4.78, 5) is 12.3. The first-order valence-electron chi connectivity index (χ1n) is 8.43. The van der Waals surface area contributed by atoms with Gasteiger partial charge in [-0.3, -0.25) is 0 Å². The smallest absolute Gasteiger partial charge is 0.338 e. The van der Waals surface area contributed by atoms with Crippen LogP contribution in [0.2, 0.25) is 0 Å². The molecule has 5 heteroatoms. The average molecular weight is 342 g/mol. The van der Waals surface area contributed by atoms with Crippen LogP contribution in [0.25, 0.3) is 0 Å². The highest BCUT2D eigenvalue weighted by Crippen LogP contribution is 2.23. The molecule has 25 heavy (non-hydrogen) atoms. The molecule has 3 atom stereocenters. The molecule has 1 saturated heterocycles. The van der Waals surface area contributed by atoms with E-state index in [1.54, 1.807) is 24.3 Å². The van der Waals surface area contributed by atoms with Gasteiger partial charge in [0.25, 0.3) is 0 Å². The van der Waals surface area contributed by atoms with Gasteiger partial charge in [-0.2, -0.15) is 0 Å². The van der Waals surface area contributed by atoms with Crippen molar-refractivity contribution >= 4 is 5.97 Å². The summed E-state index contributed by atoms with van der Waals surface area (Å²) in [5.41, 5.74) is 1.55. The highest BCUT2D eigenvalue weighted by molar-refractivity contribution is 5.89. The molecule has 5 nitrogen and oxygen atoms in total. The summed E-state index contributed by atoms with van der Waals surface area (Å²) in [6.45, 7) is 0.689. The van der Waals surface area contributed by atoms with Crippen LogP contribution in [-0.4, -0.2) is 36.2 Å². The Morgan fingerprint density at radius 2 is 1.72 bits per heavy atom. The molecule has 0 bridgehead atoms. The quantitative estimate of drug-likeness (QED) is 0.818. The summed E-state index contributed by atoms with van der Waals surface area (Å²) in [5, 5.41) is 9.75. The minimum Gasteiger partial charge on any atom is -0.456 e. The van der Waals surface area contributed by atoms with Gasteiger partial charge in [0.2, 0.25) is 0 Å². The topological polar surface area (TPSA) is 65.0 Å². The molecule has 0 spiro atoms. The van der Waals surface area contributed by atoms with E-state index in [1.165, 1.54) is 0 Å². The van der Waals surface area contributed by atoms with Crippen molar-refractivity contribution in [2.75, 3.05) is 6.61 Å². The van der Waals surface area contributed by atoms with Gasteiger partial charge >= 0.3 is 5.97 Å². The van der Waals surface area contributed by atoms with E-state index in [9.17, 15) is 9.90 Å². The Hall–Kier alpha value is -2.21. The minimum absolute atomic E-state index is 0.249. The predicted octanol–water partition coefficient (Wildman–Crippen LogP) is 2.93. The lowest BCUT2D eigenvalue weighted by atomic mass is 10.0. The molecule has 1 aliphatic heterocycles. The van der Waals surface area contributed by atoms with E-state index in [0.717, 1.165) is 5.56 Å². The Labute approximate surface area is 147 Å². The number of ether oxygens (including phenoxy) is 3. The maximum Gasteiger partial charge on any atom is 0.338 e. The predicted molar refractivity (Wildman–Crippen MR) is 91.9 cm³/mol. The van der Waals surface area contributed by atoms with Crippen LogP contribution in [0.5, 0.6) is 0 Å². The second-order valence-corrected chi connectivity index (χ2v) is 6.02. The lowest BCUT2D eigenvalue weighted by Crippen LogP contribution is -2.44. The van der Waals surface area contributed by atoms with Gasteiger partial charge in [0.15, 0.2) is 6.29 Å². The number of aliphatic hydroxyl groups is 1. The van der Waals surface area contributed by atoms with E-state index in [2.05, 4.69) is 0 Å². The third-order valence-electron chi connectivity index (χ3n) is 4.11. The van der Waals surface area contributed by atoms with Crippen LogP contribution in [0.1, 0.15) is 28.8 Å². The van der Waals surface area contributed by atoms with E-state index in [0.29, 0.717) is 25.0 Å². The molecule has 1 fully saturated rings. The number of hydrogen-bond donors (Lipinski definition) is 1. The van der Waals surface area contributed by atoms with Gasteiger partial charge < -0.3 is 19.3 Å². The summed E-state index contributed by atoms with van der Waals surface area (Å²) in [6.07, 6.45) is -0.801. The van der Waals surface area contributed by atoms with E-state index in [-0.39, 0.29) is 6.61 Å². The van der Waals surface area contributed by atoms with E-state index < -0.39 is 24.5 Å². The Morgan fingerprint density at radius 3 is 2.44 bits per heavy atom. The van der Waals surface area contributed by atoms with E-state index >= 15 is 0 Å². The van der Waals surface area contributed by atoms with Gasteiger partial charge in [-0.1, -0.05) is 48.5 Å². The minimum atomic E-state index is -0.850. The second-order valence-electron chi connectivity index (χ2n) is 6.02. The van der Waals surface area contributed by atoms with Crippen molar-refractivity contribution in [2.24, 2.45) is 0 Å². The Bertz CT molecular complexity index is 658. The molecule has 3 rings (SSSR count). The Morgan fingerprint density at radius 1 is 1.04 bits per heavy atom. The van der Waals surface area contributed by atoms with Crippen molar-refractivity contribution in [3.05, 3.63) is 71.8 Å². The van der Waals surface area contributed by atoms with Crippen LogP contribution < -0.4 is 0 Å². The molecule has 132 valence electrons. The number of aliphatic hydroxyl groups excluding tert-OH is 1. The van der Waals surface area contributed by atoms with Crippen LogP contribution in [-0.2, 0) is 20.8 Å². The zero-order valence-corrected chi connectivity index (χ0v) is 13.9. The van der Waals surface area contributed by atoms with Gasteiger partial charge in [-0.15, -0.1) is 0 Å². The van der Waals surface area contributed by atoms with E-state index in [1.807, 2.05) is 36.4 Å². The van der Waals surface area contributed by atoms with Gasteiger partial charge in [0.1, 0.15) is 12.2 Å². The molecule has 2 aromatic carbocycles. The summed E-state index contributed by atoms with van der Waals surface area (Å²) < 4.78 is 16.8. The number of carbonyl (C=O) groups is 1. The fourth-order valence-electron chi connectivity index (χ4n) is 2.78. The second kappa shape index (κ2) is 8.76. The summed E-state index contributed by atoms with van der Waals surface area (Å²) in [5.74, 6) is -0.390. The fraction of sp³-hybridized carbons (Fsp3) is 0.350. The van der Waals surface area contributed by atoms with Gasteiger partial charge in [-0.05, 0) is 24.1 Å². The molecule has 0 saturated carbocycles. The average Bonchev–Trinajstić information content (AvgIpc) is 2.65. The molecule has 2 aromatic rings. The van der Waals surface area contributed by atoms with Crippen molar-refractivity contribution < 1.29 is 24.1 Å². The highest BCUT2D eigenvalue weighted by atomic mass is 16.6. The largest absolute Gasteiger partial charge is 0.456 e. The molecule has 0 aliphatic carbocycles. The molecule has 1 aliphatic rings. The number of hydrogen-bond acceptors (Lipinski definition) is 5. The molecule has 0 amide bonds. The van der Waals surface area contributed by atoms with Crippen molar-refractivity contribution in [3.63, 3.8) is 0 Å². The lowest BCUT2D eigenvalue weighted by molar-refractivity contribution is -0.213. The van der Waals surface area contributed by atoms with Crippen LogP contribution in [0.15, 0.2) is 60.7 Å². The van der Waals surface area contributed by atoms with Crippen molar-refractivity contribution in [2.45, 2.75) is 37.9 Å². The monoisotopic (exact) mass is 342 g/mol. The third-order valence-corrected chi connectivity index (χ3v) is 4.11. The first-order chi connectivity index (χ1) is 12.2. The summed E-state index contributed by atoms with van der Waals surface area (Å²) in [7, 11) is 0. The standard InChI is InChI=1S/C20H22O5/c21-19-12-11-17(25-20(22)16-9-5-2-6-10-16)18(24-19)14-23-13-15-7-3-1-4-8-15/h1-10,17-19,21H,11-14H2/t17-,18+,19-/m0/s1. The van der Waals surface area contributed by atoms with Gasteiger partial charge in [0, 0.05) is 6.42 Å². The van der Waals surface area contributed by atoms with Gasteiger partial charge in [0.05, 0.1) is 18.8 Å². The van der Waals surface area contributed by atoms with Crippen molar-refractivity contribution in [1.82, 2.24) is 0 Å². The summed E-state index contributed by atoms with van der Waals surface area (Å²) in [6, 6.07) is 18.6. The van der Waals surface area contributed by atoms with E-state index in [4.69, 9.17) is 14.2 Å².